The zero-order valence-corrected chi connectivity index (χ0v) is 9.96. The Labute approximate surface area is 97.6 Å². The second-order valence-corrected chi connectivity index (χ2v) is 4.48. The molecule has 16 heavy (non-hydrogen) atoms. The number of carbonyl (C=O) groups is 1. The molecule has 0 aliphatic rings. The number of benzene rings is 1. The SMILES string of the molecule is C=CCS(=O)c1ccccc1C(=O)OCC. The third-order valence-corrected chi connectivity index (χ3v) is 3.28. The molecule has 0 spiro atoms. The largest absolute Gasteiger partial charge is 0.462 e. The molecule has 0 aliphatic heterocycles. The highest BCUT2D eigenvalue weighted by Gasteiger charge is 2.15. The zero-order valence-electron chi connectivity index (χ0n) is 9.14. The van der Waals surface area contributed by atoms with Crippen molar-refractivity contribution in [2.24, 2.45) is 0 Å². The molecule has 0 saturated heterocycles. The number of hydrogen-bond acceptors (Lipinski definition) is 3. The quantitative estimate of drug-likeness (QED) is 0.583. The van der Waals surface area contributed by atoms with Crippen LogP contribution in [0.25, 0.3) is 0 Å². The van der Waals surface area contributed by atoms with E-state index in [2.05, 4.69) is 6.58 Å². The Kier molecular flexibility index (Phi) is 4.92. The lowest BCUT2D eigenvalue weighted by Crippen LogP contribution is -2.09. The molecule has 0 saturated carbocycles. The van der Waals surface area contributed by atoms with Gasteiger partial charge < -0.3 is 4.74 Å². The van der Waals surface area contributed by atoms with Gasteiger partial charge in [-0.1, -0.05) is 18.2 Å². The van der Waals surface area contributed by atoms with E-state index in [0.717, 1.165) is 0 Å². The maximum Gasteiger partial charge on any atom is 0.339 e. The van der Waals surface area contributed by atoms with E-state index in [0.29, 0.717) is 22.8 Å². The molecule has 86 valence electrons. The van der Waals surface area contributed by atoms with E-state index in [-0.39, 0.29) is 0 Å². The summed E-state index contributed by atoms with van der Waals surface area (Å²) >= 11 is 0. The number of esters is 1. The molecular formula is C12H14O3S. The molecule has 1 aromatic rings. The molecule has 0 N–H and O–H groups in total. The van der Waals surface area contributed by atoms with E-state index in [1.54, 1.807) is 37.3 Å². The van der Waals surface area contributed by atoms with Gasteiger partial charge in [0.2, 0.25) is 0 Å². The van der Waals surface area contributed by atoms with E-state index in [1.807, 2.05) is 0 Å². The Bertz CT molecular complexity index is 412. The van der Waals surface area contributed by atoms with Crippen LogP contribution in [0.4, 0.5) is 0 Å². The van der Waals surface area contributed by atoms with Crippen LogP contribution in [0, 0.1) is 0 Å². The third kappa shape index (κ3) is 3.03. The van der Waals surface area contributed by atoms with Gasteiger partial charge in [-0.15, -0.1) is 6.58 Å². The first-order valence-electron chi connectivity index (χ1n) is 4.96. The Hall–Kier alpha value is -1.42. The minimum Gasteiger partial charge on any atom is -0.462 e. The van der Waals surface area contributed by atoms with Crippen LogP contribution < -0.4 is 0 Å². The predicted octanol–water partition coefficient (Wildman–Crippen LogP) is 2.16. The molecular weight excluding hydrogens is 224 g/mol. The summed E-state index contributed by atoms with van der Waals surface area (Å²) < 4.78 is 16.7. The van der Waals surface area contributed by atoms with Crippen molar-refractivity contribution in [3.8, 4) is 0 Å². The van der Waals surface area contributed by atoms with Gasteiger partial charge >= 0.3 is 5.97 Å². The molecule has 0 aliphatic carbocycles. The zero-order chi connectivity index (χ0) is 12.0. The second-order valence-electron chi connectivity index (χ2n) is 3.02. The highest BCUT2D eigenvalue weighted by atomic mass is 32.2. The summed E-state index contributed by atoms with van der Waals surface area (Å²) in [5.74, 6) is -0.105. The molecule has 0 fully saturated rings. The number of ether oxygens (including phenoxy) is 1. The number of hydrogen-bond donors (Lipinski definition) is 0. The summed E-state index contributed by atoms with van der Waals surface area (Å²) in [7, 11) is -1.24. The maximum atomic E-state index is 11.8. The van der Waals surface area contributed by atoms with Crippen LogP contribution in [0.1, 0.15) is 17.3 Å². The summed E-state index contributed by atoms with van der Waals surface area (Å²) in [5, 5.41) is 0. The monoisotopic (exact) mass is 238 g/mol. The van der Waals surface area contributed by atoms with Crippen molar-refractivity contribution in [3.05, 3.63) is 42.5 Å². The van der Waals surface area contributed by atoms with Gasteiger partial charge in [0.05, 0.1) is 27.9 Å². The van der Waals surface area contributed by atoms with Crippen LogP contribution in [0.5, 0.6) is 0 Å². The molecule has 3 nitrogen and oxygen atoms in total. The van der Waals surface area contributed by atoms with Crippen LogP contribution in [0.3, 0.4) is 0 Å². The van der Waals surface area contributed by atoms with Gasteiger partial charge in [-0.25, -0.2) is 4.79 Å². The molecule has 1 unspecified atom stereocenters. The molecule has 0 aromatic heterocycles. The highest BCUT2D eigenvalue weighted by Crippen LogP contribution is 2.15. The smallest absolute Gasteiger partial charge is 0.339 e. The lowest BCUT2D eigenvalue weighted by Gasteiger charge is -2.07. The first-order chi connectivity index (χ1) is 7.70. The summed E-state index contributed by atoms with van der Waals surface area (Å²) in [6, 6.07) is 6.76. The van der Waals surface area contributed by atoms with Crippen LogP contribution in [-0.4, -0.2) is 22.5 Å². The van der Waals surface area contributed by atoms with Crippen molar-refractivity contribution in [1.29, 1.82) is 0 Å². The van der Waals surface area contributed by atoms with Gasteiger partial charge in [-0.05, 0) is 19.1 Å². The molecule has 1 rings (SSSR count). The van der Waals surface area contributed by atoms with Crippen molar-refractivity contribution >= 4 is 16.8 Å². The standard InChI is InChI=1S/C12H14O3S/c1-3-9-16(14)11-8-6-5-7-10(11)12(13)15-4-2/h3,5-8H,1,4,9H2,2H3. The average molecular weight is 238 g/mol. The van der Waals surface area contributed by atoms with Gasteiger partial charge in [0.15, 0.2) is 0 Å². The lowest BCUT2D eigenvalue weighted by molar-refractivity contribution is 0.0522. The normalized spacial score (nSPS) is 11.8. The molecule has 1 aromatic carbocycles. The molecule has 1 atom stereocenters. The van der Waals surface area contributed by atoms with Crippen molar-refractivity contribution in [2.75, 3.05) is 12.4 Å². The summed E-state index contributed by atoms with van der Waals surface area (Å²) in [5.41, 5.74) is 0.365. The fraction of sp³-hybridized carbons (Fsp3) is 0.250. The topological polar surface area (TPSA) is 43.4 Å². The molecule has 4 heteroatoms. The summed E-state index contributed by atoms with van der Waals surface area (Å²) in [4.78, 5) is 12.1. The third-order valence-electron chi connectivity index (χ3n) is 1.90. The van der Waals surface area contributed by atoms with Crippen molar-refractivity contribution in [1.82, 2.24) is 0 Å². The lowest BCUT2D eigenvalue weighted by atomic mass is 10.2. The molecule has 0 bridgehead atoms. The fourth-order valence-electron chi connectivity index (χ4n) is 1.24. The van der Waals surface area contributed by atoms with E-state index in [9.17, 15) is 9.00 Å². The minimum atomic E-state index is -1.24. The van der Waals surface area contributed by atoms with Crippen molar-refractivity contribution in [3.63, 3.8) is 0 Å². The van der Waals surface area contributed by atoms with Gasteiger partial charge in [-0.3, -0.25) is 4.21 Å². The molecule has 0 radical (unpaired) electrons. The van der Waals surface area contributed by atoms with Crippen molar-refractivity contribution in [2.45, 2.75) is 11.8 Å². The van der Waals surface area contributed by atoms with E-state index >= 15 is 0 Å². The van der Waals surface area contributed by atoms with Crippen LogP contribution in [-0.2, 0) is 15.5 Å². The first kappa shape index (κ1) is 12.6. The van der Waals surface area contributed by atoms with E-state index in [1.165, 1.54) is 0 Å². The van der Waals surface area contributed by atoms with E-state index < -0.39 is 16.8 Å². The molecule has 0 amide bonds. The summed E-state index contributed by atoms with van der Waals surface area (Å²) in [6.45, 7) is 5.57. The van der Waals surface area contributed by atoms with E-state index in [4.69, 9.17) is 4.74 Å². The maximum absolute atomic E-state index is 11.8. The van der Waals surface area contributed by atoms with Crippen LogP contribution in [0.15, 0.2) is 41.8 Å². The van der Waals surface area contributed by atoms with Gasteiger partial charge in [0.25, 0.3) is 0 Å². The Morgan fingerprint density at radius 1 is 1.50 bits per heavy atom. The Balaban J connectivity index is 3.04. The average Bonchev–Trinajstić information content (AvgIpc) is 2.30. The first-order valence-corrected chi connectivity index (χ1v) is 6.28. The number of rotatable bonds is 5. The Morgan fingerprint density at radius 3 is 2.81 bits per heavy atom. The highest BCUT2D eigenvalue weighted by molar-refractivity contribution is 7.85. The Morgan fingerprint density at radius 2 is 2.19 bits per heavy atom. The van der Waals surface area contributed by atoms with Gasteiger partial charge in [-0.2, -0.15) is 0 Å². The van der Waals surface area contributed by atoms with Crippen molar-refractivity contribution < 1.29 is 13.7 Å². The minimum absolute atomic E-state index is 0.307. The number of carbonyl (C=O) groups excluding carboxylic acids is 1. The molecule has 0 heterocycles. The van der Waals surface area contributed by atoms with Crippen LogP contribution >= 0.6 is 0 Å². The second kappa shape index (κ2) is 6.23. The van der Waals surface area contributed by atoms with Gasteiger partial charge in [0, 0.05) is 5.75 Å². The summed E-state index contributed by atoms with van der Waals surface area (Å²) in [6.07, 6.45) is 1.57. The van der Waals surface area contributed by atoms with Gasteiger partial charge in [0.1, 0.15) is 0 Å². The predicted molar refractivity (Wildman–Crippen MR) is 63.9 cm³/mol. The fourth-order valence-corrected chi connectivity index (χ4v) is 2.26. The van der Waals surface area contributed by atoms with Crippen LogP contribution in [0.2, 0.25) is 0 Å².